The SMILES string of the molecule is C.C.Cc1ccccc1S(=O)(=O)N1CCCC1CNC(=O)NC1CCCCCCC1. The summed E-state index contributed by atoms with van der Waals surface area (Å²) in [7, 11) is -3.54. The Morgan fingerprint density at radius 2 is 1.63 bits per heavy atom. The van der Waals surface area contributed by atoms with Crippen molar-refractivity contribution in [2.24, 2.45) is 0 Å². The summed E-state index contributed by atoms with van der Waals surface area (Å²) in [5, 5.41) is 6.01. The highest BCUT2D eigenvalue weighted by molar-refractivity contribution is 7.89. The number of aryl methyl sites for hydroxylation is 1. The van der Waals surface area contributed by atoms with Crippen molar-refractivity contribution in [2.75, 3.05) is 13.1 Å². The van der Waals surface area contributed by atoms with Crippen LogP contribution in [0, 0.1) is 6.92 Å². The molecule has 0 bridgehead atoms. The quantitative estimate of drug-likeness (QED) is 0.689. The van der Waals surface area contributed by atoms with Crippen LogP contribution < -0.4 is 10.6 Å². The van der Waals surface area contributed by atoms with Gasteiger partial charge in [0.2, 0.25) is 10.0 Å². The molecule has 1 aromatic carbocycles. The second-order valence-electron chi connectivity index (χ2n) is 8.07. The van der Waals surface area contributed by atoms with Gasteiger partial charge in [0.1, 0.15) is 0 Å². The predicted molar refractivity (Wildman–Crippen MR) is 124 cm³/mol. The Balaban J connectivity index is 0.00000225. The van der Waals surface area contributed by atoms with Crippen molar-refractivity contribution in [3.05, 3.63) is 29.8 Å². The Morgan fingerprint density at radius 3 is 2.30 bits per heavy atom. The molecule has 172 valence electrons. The molecule has 2 N–H and O–H groups in total. The summed E-state index contributed by atoms with van der Waals surface area (Å²) in [6.07, 6.45) is 9.77. The number of sulfonamides is 1. The lowest BCUT2D eigenvalue weighted by molar-refractivity contribution is 0.231. The van der Waals surface area contributed by atoms with Crippen LogP contribution in [0.15, 0.2) is 29.2 Å². The number of nitrogens with one attached hydrogen (secondary N) is 2. The summed E-state index contributed by atoms with van der Waals surface area (Å²) in [4.78, 5) is 12.7. The van der Waals surface area contributed by atoms with Crippen molar-refractivity contribution in [2.45, 2.75) is 96.5 Å². The van der Waals surface area contributed by atoms with Gasteiger partial charge in [0.25, 0.3) is 0 Å². The normalized spacial score (nSPS) is 20.9. The first-order valence-electron chi connectivity index (χ1n) is 10.6. The van der Waals surface area contributed by atoms with E-state index in [1.807, 2.05) is 19.1 Å². The molecule has 0 radical (unpaired) electrons. The molecule has 30 heavy (non-hydrogen) atoms. The Morgan fingerprint density at radius 1 is 1.00 bits per heavy atom. The highest BCUT2D eigenvalue weighted by Gasteiger charge is 2.36. The van der Waals surface area contributed by atoms with E-state index < -0.39 is 10.0 Å². The van der Waals surface area contributed by atoms with E-state index in [0.717, 1.165) is 44.1 Å². The van der Waals surface area contributed by atoms with Crippen LogP contribution in [-0.2, 0) is 10.0 Å². The van der Waals surface area contributed by atoms with Gasteiger partial charge in [-0.05, 0) is 44.2 Å². The van der Waals surface area contributed by atoms with Crippen molar-refractivity contribution < 1.29 is 13.2 Å². The van der Waals surface area contributed by atoms with Crippen LogP contribution in [0.25, 0.3) is 0 Å². The van der Waals surface area contributed by atoms with Gasteiger partial charge in [0.05, 0.1) is 4.90 Å². The Kier molecular flexibility index (Phi) is 10.8. The Bertz CT molecular complexity index is 759. The molecule has 7 heteroatoms. The molecule has 0 spiro atoms. The first kappa shape index (κ1) is 26.4. The first-order chi connectivity index (χ1) is 13.5. The van der Waals surface area contributed by atoms with Crippen LogP contribution in [0.5, 0.6) is 0 Å². The molecule has 1 heterocycles. The van der Waals surface area contributed by atoms with Crippen molar-refractivity contribution in [3.63, 3.8) is 0 Å². The zero-order chi connectivity index (χ0) is 20.0. The zero-order valence-electron chi connectivity index (χ0n) is 16.8. The van der Waals surface area contributed by atoms with E-state index in [1.54, 1.807) is 16.4 Å². The van der Waals surface area contributed by atoms with Gasteiger partial charge in [-0.15, -0.1) is 0 Å². The smallest absolute Gasteiger partial charge is 0.315 e. The van der Waals surface area contributed by atoms with E-state index in [-0.39, 0.29) is 33.0 Å². The number of amides is 2. The van der Waals surface area contributed by atoms with Gasteiger partial charge in [-0.1, -0.05) is 65.2 Å². The number of carbonyl (C=O) groups excluding carboxylic acids is 1. The molecule has 0 aromatic heterocycles. The number of hydrogen-bond donors (Lipinski definition) is 2. The average molecular weight is 440 g/mol. The fourth-order valence-corrected chi connectivity index (χ4v) is 6.27. The lowest BCUT2D eigenvalue weighted by atomic mass is 9.97. The number of nitrogens with zero attached hydrogens (tertiary/aromatic N) is 1. The minimum atomic E-state index is -3.54. The largest absolute Gasteiger partial charge is 0.337 e. The van der Waals surface area contributed by atoms with E-state index >= 15 is 0 Å². The summed E-state index contributed by atoms with van der Waals surface area (Å²) in [6.45, 7) is 2.68. The highest BCUT2D eigenvalue weighted by Crippen LogP contribution is 2.27. The van der Waals surface area contributed by atoms with Crippen molar-refractivity contribution in [3.8, 4) is 0 Å². The minimum Gasteiger partial charge on any atom is -0.337 e. The molecule has 1 aromatic rings. The lowest BCUT2D eigenvalue weighted by Gasteiger charge is -2.26. The monoisotopic (exact) mass is 439 g/mol. The average Bonchev–Trinajstić information content (AvgIpc) is 3.12. The maximum atomic E-state index is 13.1. The second-order valence-corrected chi connectivity index (χ2v) is 9.93. The van der Waals surface area contributed by atoms with Gasteiger partial charge in [0.15, 0.2) is 0 Å². The molecule has 6 nitrogen and oxygen atoms in total. The van der Waals surface area contributed by atoms with Gasteiger partial charge in [-0.25, -0.2) is 13.2 Å². The molecule has 2 amide bonds. The van der Waals surface area contributed by atoms with Gasteiger partial charge >= 0.3 is 6.03 Å². The molecule has 1 unspecified atom stereocenters. The van der Waals surface area contributed by atoms with Crippen LogP contribution in [0.1, 0.15) is 78.2 Å². The van der Waals surface area contributed by atoms with Crippen molar-refractivity contribution in [1.29, 1.82) is 0 Å². The van der Waals surface area contributed by atoms with Gasteiger partial charge < -0.3 is 10.6 Å². The van der Waals surface area contributed by atoms with Crippen LogP contribution in [0.2, 0.25) is 0 Å². The molecular formula is C23H41N3O3S. The van der Waals surface area contributed by atoms with Gasteiger partial charge in [-0.2, -0.15) is 4.31 Å². The van der Waals surface area contributed by atoms with E-state index in [0.29, 0.717) is 18.0 Å². The highest BCUT2D eigenvalue weighted by atomic mass is 32.2. The molecule has 1 aliphatic carbocycles. The summed E-state index contributed by atoms with van der Waals surface area (Å²) < 4.78 is 27.8. The first-order valence-corrected chi connectivity index (χ1v) is 12.0. The number of carbonyl (C=O) groups is 1. The Labute approximate surface area is 183 Å². The molecular weight excluding hydrogens is 398 g/mol. The van der Waals surface area contributed by atoms with Crippen molar-refractivity contribution in [1.82, 2.24) is 14.9 Å². The lowest BCUT2D eigenvalue weighted by Crippen LogP contribution is -2.48. The number of benzene rings is 1. The molecule has 1 saturated heterocycles. The molecule has 2 fully saturated rings. The van der Waals surface area contributed by atoms with Gasteiger partial charge in [-0.3, -0.25) is 0 Å². The molecule has 3 rings (SSSR count). The molecule has 2 aliphatic rings. The topological polar surface area (TPSA) is 78.5 Å². The van der Waals surface area contributed by atoms with Crippen LogP contribution in [-0.4, -0.2) is 43.9 Å². The number of hydrogen-bond acceptors (Lipinski definition) is 3. The van der Waals surface area contributed by atoms with Crippen LogP contribution in [0.4, 0.5) is 4.79 Å². The summed E-state index contributed by atoms with van der Waals surface area (Å²) in [5.74, 6) is 0. The van der Waals surface area contributed by atoms with E-state index in [4.69, 9.17) is 0 Å². The standard InChI is InChI=1S/C21H33N3O3S.2CH4/c1-17-10-7-8-14-20(17)28(26,27)24-15-9-13-19(24)16-22-21(25)23-18-11-5-3-2-4-6-12-18;;/h7-8,10,14,18-19H,2-6,9,11-13,15-16H2,1H3,(H2,22,23,25);2*1H4. The summed E-state index contributed by atoms with van der Waals surface area (Å²) in [6, 6.07) is 6.95. The molecule has 1 saturated carbocycles. The maximum absolute atomic E-state index is 13.1. The Hall–Kier alpha value is -1.60. The summed E-state index contributed by atoms with van der Waals surface area (Å²) in [5.41, 5.74) is 0.753. The maximum Gasteiger partial charge on any atom is 0.315 e. The summed E-state index contributed by atoms with van der Waals surface area (Å²) >= 11 is 0. The third kappa shape index (κ3) is 6.71. The van der Waals surface area contributed by atoms with Gasteiger partial charge in [0, 0.05) is 25.2 Å². The minimum absolute atomic E-state index is 0. The third-order valence-corrected chi connectivity index (χ3v) is 8.05. The zero-order valence-corrected chi connectivity index (χ0v) is 17.6. The third-order valence-electron chi connectivity index (χ3n) is 5.94. The fourth-order valence-electron chi connectivity index (χ4n) is 4.35. The van der Waals surface area contributed by atoms with Crippen LogP contribution >= 0.6 is 0 Å². The van der Waals surface area contributed by atoms with Crippen molar-refractivity contribution >= 4 is 16.1 Å². The fraction of sp³-hybridized carbons (Fsp3) is 0.696. The van der Waals surface area contributed by atoms with E-state index in [9.17, 15) is 13.2 Å². The molecule has 1 atom stereocenters. The number of urea groups is 1. The number of rotatable bonds is 5. The van der Waals surface area contributed by atoms with E-state index in [2.05, 4.69) is 10.6 Å². The predicted octanol–water partition coefficient (Wildman–Crippen LogP) is 4.83. The second kappa shape index (κ2) is 12.3. The van der Waals surface area contributed by atoms with Crippen LogP contribution in [0.3, 0.4) is 0 Å². The molecule has 1 aliphatic heterocycles. The van der Waals surface area contributed by atoms with E-state index in [1.165, 1.54) is 19.3 Å².